The fourth-order valence-electron chi connectivity index (χ4n) is 1.53. The summed E-state index contributed by atoms with van der Waals surface area (Å²) in [6, 6.07) is 8.91. The number of hydrogen-bond donors (Lipinski definition) is 1. The zero-order valence-corrected chi connectivity index (χ0v) is 12.8. The average Bonchev–Trinajstić information content (AvgIpc) is 2.45. The van der Waals surface area contributed by atoms with Crippen LogP contribution in [0.2, 0.25) is 5.02 Å². The van der Waals surface area contributed by atoms with Crippen molar-refractivity contribution < 1.29 is 9.53 Å². The van der Waals surface area contributed by atoms with E-state index in [2.05, 4.69) is 26.2 Å². The molecule has 0 unspecified atom stereocenters. The normalized spacial score (nSPS) is 10.1. The van der Waals surface area contributed by atoms with Gasteiger partial charge in [0.1, 0.15) is 12.4 Å². The maximum atomic E-state index is 11.8. The number of nitrogens with one attached hydrogen (secondary N) is 1. The Morgan fingerprint density at radius 2 is 2.15 bits per heavy atom. The second kappa shape index (κ2) is 7.26. The molecule has 4 nitrogen and oxygen atoms in total. The van der Waals surface area contributed by atoms with E-state index in [1.165, 1.54) is 6.20 Å². The zero-order valence-electron chi connectivity index (χ0n) is 10.5. The molecular weight excluding hydrogens is 344 g/mol. The molecule has 20 heavy (non-hydrogen) atoms. The summed E-state index contributed by atoms with van der Waals surface area (Å²) in [4.78, 5) is 15.8. The van der Waals surface area contributed by atoms with Crippen LogP contribution in [0, 0.1) is 0 Å². The number of amides is 1. The third kappa shape index (κ3) is 4.21. The minimum atomic E-state index is -0.193. The Morgan fingerprint density at radius 1 is 1.35 bits per heavy atom. The fourth-order valence-corrected chi connectivity index (χ4v) is 2.08. The number of carbonyl (C=O) groups excluding carboxylic acids is 1. The minimum Gasteiger partial charge on any atom is -0.490 e. The largest absolute Gasteiger partial charge is 0.490 e. The number of carbonyl (C=O) groups is 1. The van der Waals surface area contributed by atoms with Gasteiger partial charge in [0.05, 0.1) is 17.1 Å². The summed E-state index contributed by atoms with van der Waals surface area (Å²) in [5.41, 5.74) is 0.497. The van der Waals surface area contributed by atoms with Crippen LogP contribution in [-0.2, 0) is 0 Å². The van der Waals surface area contributed by atoms with Gasteiger partial charge >= 0.3 is 0 Å². The highest BCUT2D eigenvalue weighted by Gasteiger charge is 2.06. The van der Waals surface area contributed by atoms with Crippen molar-refractivity contribution in [3.05, 3.63) is 57.8 Å². The Bertz CT molecular complexity index is 607. The standard InChI is InChI=1S/C14H12BrClN2O2/c15-11-7-10(8-17-9-11)14(19)18-5-6-20-13-4-2-1-3-12(13)16/h1-4,7-9H,5-6H2,(H,18,19). The van der Waals surface area contributed by atoms with Crippen LogP contribution in [0.3, 0.4) is 0 Å². The van der Waals surface area contributed by atoms with Crippen LogP contribution in [0.5, 0.6) is 5.75 Å². The molecule has 104 valence electrons. The molecule has 1 amide bonds. The summed E-state index contributed by atoms with van der Waals surface area (Å²) in [7, 11) is 0. The Hall–Kier alpha value is -1.59. The number of pyridine rings is 1. The minimum absolute atomic E-state index is 0.193. The molecule has 2 aromatic rings. The smallest absolute Gasteiger partial charge is 0.253 e. The molecule has 0 aliphatic heterocycles. The van der Waals surface area contributed by atoms with Crippen molar-refractivity contribution in [2.45, 2.75) is 0 Å². The first-order valence-corrected chi connectivity index (χ1v) is 7.10. The van der Waals surface area contributed by atoms with E-state index in [-0.39, 0.29) is 5.91 Å². The Labute approximate surface area is 130 Å². The molecule has 0 atom stereocenters. The molecule has 1 N–H and O–H groups in total. The average molecular weight is 356 g/mol. The summed E-state index contributed by atoms with van der Waals surface area (Å²) < 4.78 is 6.24. The first-order chi connectivity index (χ1) is 9.66. The lowest BCUT2D eigenvalue weighted by molar-refractivity contribution is 0.0946. The van der Waals surface area contributed by atoms with Crippen molar-refractivity contribution in [3.63, 3.8) is 0 Å². The number of hydrogen-bond acceptors (Lipinski definition) is 3. The first-order valence-electron chi connectivity index (χ1n) is 5.93. The maximum absolute atomic E-state index is 11.8. The fraction of sp³-hybridized carbons (Fsp3) is 0.143. The SMILES string of the molecule is O=C(NCCOc1ccccc1Cl)c1cncc(Br)c1. The lowest BCUT2D eigenvalue weighted by Crippen LogP contribution is -2.28. The van der Waals surface area contributed by atoms with Crippen LogP contribution in [0.15, 0.2) is 47.2 Å². The van der Waals surface area contributed by atoms with Gasteiger partial charge in [0.25, 0.3) is 5.91 Å². The summed E-state index contributed by atoms with van der Waals surface area (Å²) in [5.74, 6) is 0.411. The number of halogens is 2. The second-order valence-electron chi connectivity index (χ2n) is 3.93. The third-order valence-corrected chi connectivity index (χ3v) is 3.19. The molecule has 1 aromatic carbocycles. The quantitative estimate of drug-likeness (QED) is 0.837. The van der Waals surface area contributed by atoms with Gasteiger partial charge in [-0.3, -0.25) is 9.78 Å². The number of nitrogens with zero attached hydrogens (tertiary/aromatic N) is 1. The van der Waals surface area contributed by atoms with E-state index in [1.807, 2.05) is 12.1 Å². The third-order valence-electron chi connectivity index (χ3n) is 2.45. The zero-order chi connectivity index (χ0) is 14.4. The highest BCUT2D eigenvalue weighted by molar-refractivity contribution is 9.10. The Kier molecular flexibility index (Phi) is 5.38. The van der Waals surface area contributed by atoms with Gasteiger partial charge in [0.15, 0.2) is 0 Å². The van der Waals surface area contributed by atoms with Crippen LogP contribution < -0.4 is 10.1 Å². The van der Waals surface area contributed by atoms with Gasteiger partial charge in [-0.15, -0.1) is 0 Å². The number of aromatic nitrogens is 1. The van der Waals surface area contributed by atoms with Crippen molar-refractivity contribution in [1.82, 2.24) is 10.3 Å². The van der Waals surface area contributed by atoms with E-state index in [0.29, 0.717) is 29.5 Å². The number of para-hydroxylation sites is 1. The molecule has 1 heterocycles. The van der Waals surface area contributed by atoms with Crippen molar-refractivity contribution in [3.8, 4) is 5.75 Å². The number of ether oxygens (including phenoxy) is 1. The van der Waals surface area contributed by atoms with Crippen molar-refractivity contribution in [1.29, 1.82) is 0 Å². The van der Waals surface area contributed by atoms with Gasteiger partial charge < -0.3 is 10.1 Å². The van der Waals surface area contributed by atoms with E-state index in [1.54, 1.807) is 24.4 Å². The predicted molar refractivity (Wildman–Crippen MR) is 81.2 cm³/mol. The molecule has 1 aromatic heterocycles. The number of benzene rings is 1. The van der Waals surface area contributed by atoms with E-state index in [0.717, 1.165) is 4.47 Å². The molecule has 0 aliphatic carbocycles. The summed E-state index contributed by atoms with van der Waals surface area (Å²) >= 11 is 9.22. The van der Waals surface area contributed by atoms with Gasteiger partial charge in [0.2, 0.25) is 0 Å². The summed E-state index contributed by atoms with van der Waals surface area (Å²) in [5, 5.41) is 3.30. The Balaban J connectivity index is 1.79. The van der Waals surface area contributed by atoms with Crippen molar-refractivity contribution in [2.75, 3.05) is 13.2 Å². The summed E-state index contributed by atoms with van der Waals surface area (Å²) in [6.07, 6.45) is 3.13. The molecular formula is C14H12BrClN2O2. The molecule has 0 saturated heterocycles. The monoisotopic (exact) mass is 354 g/mol. The molecule has 0 aliphatic rings. The van der Waals surface area contributed by atoms with E-state index in [4.69, 9.17) is 16.3 Å². The topological polar surface area (TPSA) is 51.2 Å². The Morgan fingerprint density at radius 3 is 2.90 bits per heavy atom. The van der Waals surface area contributed by atoms with E-state index < -0.39 is 0 Å². The van der Waals surface area contributed by atoms with E-state index in [9.17, 15) is 4.79 Å². The first kappa shape index (κ1) is 14.8. The summed E-state index contributed by atoms with van der Waals surface area (Å²) in [6.45, 7) is 0.730. The highest BCUT2D eigenvalue weighted by Crippen LogP contribution is 2.22. The lowest BCUT2D eigenvalue weighted by atomic mass is 10.3. The molecule has 2 rings (SSSR count). The van der Waals surface area contributed by atoms with E-state index >= 15 is 0 Å². The molecule has 0 spiro atoms. The van der Waals surface area contributed by atoms with Crippen LogP contribution in [-0.4, -0.2) is 24.0 Å². The number of rotatable bonds is 5. The van der Waals surface area contributed by atoms with Gasteiger partial charge in [0, 0.05) is 16.9 Å². The molecule has 0 fully saturated rings. The van der Waals surface area contributed by atoms with Crippen molar-refractivity contribution in [2.24, 2.45) is 0 Å². The molecule has 0 bridgehead atoms. The van der Waals surface area contributed by atoms with Gasteiger partial charge in [-0.25, -0.2) is 0 Å². The van der Waals surface area contributed by atoms with Crippen molar-refractivity contribution >= 4 is 33.4 Å². The predicted octanol–water partition coefficient (Wildman–Crippen LogP) is 3.31. The maximum Gasteiger partial charge on any atom is 0.253 e. The van der Waals surface area contributed by atoms with Crippen LogP contribution in [0.4, 0.5) is 0 Å². The molecule has 0 radical (unpaired) electrons. The lowest BCUT2D eigenvalue weighted by Gasteiger charge is -2.08. The second-order valence-corrected chi connectivity index (χ2v) is 5.25. The van der Waals surface area contributed by atoms with Gasteiger partial charge in [-0.05, 0) is 34.1 Å². The molecule has 6 heteroatoms. The van der Waals surface area contributed by atoms with Gasteiger partial charge in [-0.1, -0.05) is 23.7 Å². The van der Waals surface area contributed by atoms with Crippen LogP contribution in [0.25, 0.3) is 0 Å². The van der Waals surface area contributed by atoms with Gasteiger partial charge in [-0.2, -0.15) is 0 Å². The molecule has 0 saturated carbocycles. The highest BCUT2D eigenvalue weighted by atomic mass is 79.9. The van der Waals surface area contributed by atoms with Crippen LogP contribution >= 0.6 is 27.5 Å². The van der Waals surface area contributed by atoms with Crippen LogP contribution in [0.1, 0.15) is 10.4 Å².